The zero-order valence-corrected chi connectivity index (χ0v) is 15.3. The summed E-state index contributed by atoms with van der Waals surface area (Å²) in [6.45, 7) is 3.91. The molecule has 6 heteroatoms. The SMILES string of the molecule is COc1ccc(OC)c(Nc2cc(Nc3cccc(C)c3)nc(C)n2)c1. The van der Waals surface area contributed by atoms with E-state index in [1.54, 1.807) is 14.2 Å². The monoisotopic (exact) mass is 350 g/mol. The lowest BCUT2D eigenvalue weighted by Gasteiger charge is -2.14. The van der Waals surface area contributed by atoms with Crippen molar-refractivity contribution in [2.45, 2.75) is 13.8 Å². The zero-order chi connectivity index (χ0) is 18.5. The fourth-order valence-corrected chi connectivity index (χ4v) is 2.62. The van der Waals surface area contributed by atoms with Crippen LogP contribution in [0.2, 0.25) is 0 Å². The summed E-state index contributed by atoms with van der Waals surface area (Å²) in [4.78, 5) is 8.92. The molecule has 3 rings (SSSR count). The average molecular weight is 350 g/mol. The van der Waals surface area contributed by atoms with E-state index in [-0.39, 0.29) is 0 Å². The van der Waals surface area contributed by atoms with Crippen LogP contribution in [0.1, 0.15) is 11.4 Å². The molecule has 0 spiro atoms. The summed E-state index contributed by atoms with van der Waals surface area (Å²) >= 11 is 0. The highest BCUT2D eigenvalue weighted by Gasteiger charge is 2.08. The van der Waals surface area contributed by atoms with Gasteiger partial charge in [0.2, 0.25) is 0 Å². The second-order valence-electron chi connectivity index (χ2n) is 5.87. The Morgan fingerprint density at radius 2 is 1.58 bits per heavy atom. The van der Waals surface area contributed by atoms with E-state index < -0.39 is 0 Å². The van der Waals surface area contributed by atoms with Crippen molar-refractivity contribution in [3.05, 3.63) is 59.9 Å². The number of benzene rings is 2. The maximum Gasteiger partial charge on any atom is 0.142 e. The van der Waals surface area contributed by atoms with Crippen LogP contribution in [0.3, 0.4) is 0 Å². The van der Waals surface area contributed by atoms with Gasteiger partial charge in [0, 0.05) is 17.8 Å². The molecule has 0 aliphatic carbocycles. The van der Waals surface area contributed by atoms with Crippen LogP contribution in [-0.4, -0.2) is 24.2 Å². The number of aryl methyl sites for hydroxylation is 2. The van der Waals surface area contributed by atoms with E-state index in [9.17, 15) is 0 Å². The van der Waals surface area contributed by atoms with Crippen LogP contribution in [0.25, 0.3) is 0 Å². The molecule has 0 aliphatic rings. The summed E-state index contributed by atoms with van der Waals surface area (Å²) in [6.07, 6.45) is 0. The van der Waals surface area contributed by atoms with Gasteiger partial charge in [-0.15, -0.1) is 0 Å². The molecule has 0 saturated carbocycles. The first-order valence-electron chi connectivity index (χ1n) is 8.26. The molecule has 0 atom stereocenters. The third-order valence-corrected chi connectivity index (χ3v) is 3.80. The molecule has 134 valence electrons. The Hall–Kier alpha value is -3.28. The van der Waals surface area contributed by atoms with Gasteiger partial charge in [0.15, 0.2) is 0 Å². The average Bonchev–Trinajstić information content (AvgIpc) is 2.61. The Kier molecular flexibility index (Phi) is 5.22. The van der Waals surface area contributed by atoms with Crippen molar-refractivity contribution in [3.8, 4) is 11.5 Å². The van der Waals surface area contributed by atoms with Gasteiger partial charge in [-0.25, -0.2) is 9.97 Å². The zero-order valence-electron chi connectivity index (χ0n) is 15.3. The first-order chi connectivity index (χ1) is 12.6. The Labute approximate surface area is 153 Å². The van der Waals surface area contributed by atoms with Gasteiger partial charge in [-0.05, 0) is 43.7 Å². The van der Waals surface area contributed by atoms with E-state index in [1.165, 1.54) is 5.56 Å². The van der Waals surface area contributed by atoms with Crippen molar-refractivity contribution in [1.29, 1.82) is 0 Å². The van der Waals surface area contributed by atoms with Gasteiger partial charge in [-0.2, -0.15) is 0 Å². The fraction of sp³-hybridized carbons (Fsp3) is 0.200. The molecular formula is C20H22N4O2. The van der Waals surface area contributed by atoms with Crippen LogP contribution in [0.4, 0.5) is 23.0 Å². The van der Waals surface area contributed by atoms with Gasteiger partial charge in [0.1, 0.15) is 29.0 Å². The van der Waals surface area contributed by atoms with Gasteiger partial charge in [-0.3, -0.25) is 0 Å². The van der Waals surface area contributed by atoms with Crippen molar-refractivity contribution < 1.29 is 9.47 Å². The summed E-state index contributed by atoms with van der Waals surface area (Å²) < 4.78 is 10.7. The number of hydrogen-bond donors (Lipinski definition) is 2. The van der Waals surface area contributed by atoms with Crippen LogP contribution in [-0.2, 0) is 0 Å². The lowest BCUT2D eigenvalue weighted by molar-refractivity contribution is 0.405. The molecule has 0 amide bonds. The minimum atomic E-state index is 0.659. The Bertz CT molecular complexity index is 912. The van der Waals surface area contributed by atoms with Gasteiger partial charge in [0.25, 0.3) is 0 Å². The number of nitrogens with one attached hydrogen (secondary N) is 2. The van der Waals surface area contributed by atoms with Crippen LogP contribution in [0.15, 0.2) is 48.5 Å². The Balaban J connectivity index is 1.88. The van der Waals surface area contributed by atoms with Crippen molar-refractivity contribution >= 4 is 23.0 Å². The number of ether oxygens (including phenoxy) is 2. The molecule has 0 fully saturated rings. The van der Waals surface area contributed by atoms with E-state index in [0.717, 1.165) is 17.1 Å². The highest BCUT2D eigenvalue weighted by molar-refractivity contribution is 5.68. The van der Waals surface area contributed by atoms with E-state index in [1.807, 2.05) is 43.3 Å². The molecule has 1 aromatic heterocycles. The van der Waals surface area contributed by atoms with Crippen LogP contribution < -0.4 is 20.1 Å². The van der Waals surface area contributed by atoms with Gasteiger partial charge >= 0.3 is 0 Å². The van der Waals surface area contributed by atoms with E-state index in [2.05, 4.69) is 39.7 Å². The van der Waals surface area contributed by atoms with E-state index in [0.29, 0.717) is 23.2 Å². The molecule has 0 aliphatic heterocycles. The molecule has 0 radical (unpaired) electrons. The largest absolute Gasteiger partial charge is 0.497 e. The van der Waals surface area contributed by atoms with Crippen molar-refractivity contribution in [2.24, 2.45) is 0 Å². The standard InChI is InChI=1S/C20H22N4O2/c1-13-6-5-7-15(10-13)23-19-12-20(22-14(2)21-19)24-17-11-16(25-3)8-9-18(17)26-4/h5-12H,1-4H3,(H2,21,22,23,24). The maximum atomic E-state index is 5.41. The summed E-state index contributed by atoms with van der Waals surface area (Å²) in [6, 6.07) is 15.5. The number of aromatic nitrogens is 2. The molecule has 26 heavy (non-hydrogen) atoms. The van der Waals surface area contributed by atoms with Crippen LogP contribution in [0.5, 0.6) is 11.5 Å². The lowest BCUT2D eigenvalue weighted by Crippen LogP contribution is -2.02. The minimum absolute atomic E-state index is 0.659. The smallest absolute Gasteiger partial charge is 0.142 e. The highest BCUT2D eigenvalue weighted by atomic mass is 16.5. The van der Waals surface area contributed by atoms with Crippen molar-refractivity contribution in [3.63, 3.8) is 0 Å². The molecule has 0 saturated heterocycles. The molecular weight excluding hydrogens is 328 g/mol. The molecule has 2 aromatic carbocycles. The number of rotatable bonds is 6. The molecule has 3 aromatic rings. The maximum absolute atomic E-state index is 5.41. The summed E-state index contributed by atoms with van der Waals surface area (Å²) in [5.74, 6) is 3.48. The van der Waals surface area contributed by atoms with Gasteiger partial charge in [0.05, 0.1) is 19.9 Å². The van der Waals surface area contributed by atoms with Gasteiger partial charge in [-0.1, -0.05) is 12.1 Å². The highest BCUT2D eigenvalue weighted by Crippen LogP contribution is 2.31. The summed E-state index contributed by atoms with van der Waals surface area (Å²) in [5, 5.41) is 6.60. The number of hydrogen-bond acceptors (Lipinski definition) is 6. The van der Waals surface area contributed by atoms with Crippen LogP contribution >= 0.6 is 0 Å². The number of nitrogens with zero attached hydrogens (tertiary/aromatic N) is 2. The molecule has 6 nitrogen and oxygen atoms in total. The molecule has 0 unspecified atom stereocenters. The summed E-state index contributed by atoms with van der Waals surface area (Å²) in [5.41, 5.74) is 2.93. The quantitative estimate of drug-likeness (QED) is 0.677. The van der Waals surface area contributed by atoms with Crippen molar-refractivity contribution in [1.82, 2.24) is 9.97 Å². The van der Waals surface area contributed by atoms with Crippen LogP contribution in [0, 0.1) is 13.8 Å². The third-order valence-electron chi connectivity index (χ3n) is 3.80. The van der Waals surface area contributed by atoms with E-state index >= 15 is 0 Å². The van der Waals surface area contributed by atoms with Crippen molar-refractivity contribution in [2.75, 3.05) is 24.9 Å². The second kappa shape index (κ2) is 7.74. The normalized spacial score (nSPS) is 10.3. The predicted molar refractivity (Wildman–Crippen MR) is 104 cm³/mol. The molecule has 2 N–H and O–H groups in total. The lowest BCUT2D eigenvalue weighted by atomic mass is 10.2. The van der Waals surface area contributed by atoms with E-state index in [4.69, 9.17) is 9.47 Å². The van der Waals surface area contributed by atoms with Gasteiger partial charge < -0.3 is 20.1 Å². The first-order valence-corrected chi connectivity index (χ1v) is 8.26. The first kappa shape index (κ1) is 17.5. The summed E-state index contributed by atoms with van der Waals surface area (Å²) in [7, 11) is 3.26. The predicted octanol–water partition coefficient (Wildman–Crippen LogP) is 4.60. The second-order valence-corrected chi connectivity index (χ2v) is 5.87. The third kappa shape index (κ3) is 4.22. The fourth-order valence-electron chi connectivity index (χ4n) is 2.62. The molecule has 1 heterocycles. The topological polar surface area (TPSA) is 68.3 Å². The minimum Gasteiger partial charge on any atom is -0.497 e. The number of methoxy groups -OCH3 is 2. The Morgan fingerprint density at radius 3 is 2.27 bits per heavy atom. The Morgan fingerprint density at radius 1 is 0.808 bits per heavy atom. The molecule has 0 bridgehead atoms. The number of anilines is 4.